The predicted molar refractivity (Wildman–Crippen MR) is 123 cm³/mol. The molecule has 8 heteroatoms. The van der Waals surface area contributed by atoms with Crippen LogP contribution in [0.2, 0.25) is 0 Å². The van der Waals surface area contributed by atoms with Crippen molar-refractivity contribution in [3.63, 3.8) is 0 Å². The zero-order chi connectivity index (χ0) is 21.9. The number of aromatic amines is 1. The number of piperidine rings is 2. The lowest BCUT2D eigenvalue weighted by Gasteiger charge is -2.29. The molecule has 2 aliphatic heterocycles. The molecule has 0 radical (unpaired) electrons. The highest BCUT2D eigenvalue weighted by Gasteiger charge is 2.21. The molecule has 0 saturated carbocycles. The molecule has 32 heavy (non-hydrogen) atoms. The first-order chi connectivity index (χ1) is 15.7. The van der Waals surface area contributed by atoms with E-state index in [1.807, 2.05) is 30.6 Å². The number of aromatic nitrogens is 3. The number of nitrogens with zero attached hydrogens (tertiary/aromatic N) is 3. The molecule has 3 aromatic rings. The minimum Gasteiger partial charge on any atom is -0.393 e. The lowest BCUT2D eigenvalue weighted by molar-refractivity contribution is 0.0792. The third-order valence-corrected chi connectivity index (χ3v) is 6.54. The van der Waals surface area contributed by atoms with Gasteiger partial charge in [-0.15, -0.1) is 0 Å². The molecule has 2 fully saturated rings. The van der Waals surface area contributed by atoms with Gasteiger partial charge in [-0.1, -0.05) is 6.07 Å². The standard InChI is InChI=1S/C24H30N6O2/c31-20-5-9-30(10-6-20)15-16-11-18(14-26-13-16)17-1-2-22-21(12-17)23(29-28-22)24(32)27-19-3-7-25-8-4-19/h1-2,11-14,19-20,25,31H,3-10,15H2,(H,27,32)(H,28,29). The van der Waals surface area contributed by atoms with E-state index in [0.717, 1.165) is 86.0 Å². The zero-order valence-corrected chi connectivity index (χ0v) is 18.2. The fraction of sp³-hybridized carbons (Fsp3) is 0.458. The van der Waals surface area contributed by atoms with Crippen LogP contribution in [-0.4, -0.2) is 69.4 Å². The highest BCUT2D eigenvalue weighted by atomic mass is 16.3. The maximum absolute atomic E-state index is 12.9. The molecule has 4 N–H and O–H groups in total. The summed E-state index contributed by atoms with van der Waals surface area (Å²) in [5.74, 6) is -0.125. The van der Waals surface area contributed by atoms with Crippen LogP contribution in [0, 0.1) is 0 Å². The van der Waals surface area contributed by atoms with E-state index in [4.69, 9.17) is 0 Å². The third kappa shape index (κ3) is 4.67. The van der Waals surface area contributed by atoms with E-state index in [-0.39, 0.29) is 18.1 Å². The van der Waals surface area contributed by atoms with Crippen molar-refractivity contribution in [2.75, 3.05) is 26.2 Å². The van der Waals surface area contributed by atoms with Gasteiger partial charge in [-0.25, -0.2) is 0 Å². The van der Waals surface area contributed by atoms with E-state index in [0.29, 0.717) is 5.69 Å². The summed E-state index contributed by atoms with van der Waals surface area (Å²) < 4.78 is 0. The van der Waals surface area contributed by atoms with Crippen molar-refractivity contribution in [1.29, 1.82) is 0 Å². The van der Waals surface area contributed by atoms with Gasteiger partial charge in [-0.2, -0.15) is 5.10 Å². The van der Waals surface area contributed by atoms with Crippen LogP contribution in [-0.2, 0) is 6.54 Å². The van der Waals surface area contributed by atoms with Gasteiger partial charge in [0, 0.05) is 49.0 Å². The first-order valence-corrected chi connectivity index (χ1v) is 11.5. The molecule has 0 unspecified atom stereocenters. The number of hydrogen-bond acceptors (Lipinski definition) is 6. The Balaban J connectivity index is 1.35. The lowest BCUT2D eigenvalue weighted by atomic mass is 10.0. The molecule has 0 bridgehead atoms. The minimum atomic E-state index is -0.168. The van der Waals surface area contributed by atoms with Gasteiger partial charge in [-0.3, -0.25) is 19.8 Å². The van der Waals surface area contributed by atoms with Gasteiger partial charge in [0.25, 0.3) is 5.91 Å². The second kappa shape index (κ2) is 9.36. The van der Waals surface area contributed by atoms with E-state index in [1.165, 1.54) is 0 Å². The highest BCUT2D eigenvalue weighted by Crippen LogP contribution is 2.26. The van der Waals surface area contributed by atoms with Crippen molar-refractivity contribution in [1.82, 2.24) is 30.7 Å². The summed E-state index contributed by atoms with van der Waals surface area (Å²) in [4.78, 5) is 19.7. The second-order valence-electron chi connectivity index (χ2n) is 8.92. The molecule has 2 saturated heterocycles. The Bertz CT molecular complexity index is 1080. The summed E-state index contributed by atoms with van der Waals surface area (Å²) in [6, 6.07) is 8.38. The van der Waals surface area contributed by atoms with Crippen molar-refractivity contribution >= 4 is 16.8 Å². The summed E-state index contributed by atoms with van der Waals surface area (Å²) >= 11 is 0. The predicted octanol–water partition coefficient (Wildman–Crippen LogP) is 2.06. The van der Waals surface area contributed by atoms with Crippen LogP contribution in [0.1, 0.15) is 41.7 Å². The van der Waals surface area contributed by atoms with Crippen LogP contribution in [0.15, 0.2) is 36.7 Å². The van der Waals surface area contributed by atoms with Gasteiger partial charge < -0.3 is 15.7 Å². The Morgan fingerprint density at radius 2 is 1.91 bits per heavy atom. The first kappa shape index (κ1) is 21.1. The molecule has 5 rings (SSSR count). The summed E-state index contributed by atoms with van der Waals surface area (Å²) in [6.07, 6.45) is 7.13. The highest BCUT2D eigenvalue weighted by molar-refractivity contribution is 6.05. The van der Waals surface area contributed by atoms with Crippen LogP contribution in [0.5, 0.6) is 0 Å². The maximum Gasteiger partial charge on any atom is 0.272 e. The summed E-state index contributed by atoms with van der Waals surface area (Å²) in [6.45, 7) is 4.49. The lowest BCUT2D eigenvalue weighted by Crippen LogP contribution is -2.42. The zero-order valence-electron chi connectivity index (χ0n) is 18.2. The number of carbonyl (C=O) groups excluding carboxylic acids is 1. The van der Waals surface area contributed by atoms with Crippen LogP contribution < -0.4 is 10.6 Å². The summed E-state index contributed by atoms with van der Waals surface area (Å²) in [5.41, 5.74) is 4.47. The normalized spacial score (nSPS) is 18.8. The molecule has 0 aliphatic carbocycles. The fourth-order valence-electron chi connectivity index (χ4n) is 4.65. The number of likely N-dealkylation sites (tertiary alicyclic amines) is 1. The molecule has 1 aromatic carbocycles. The van der Waals surface area contributed by atoms with Crippen LogP contribution in [0.4, 0.5) is 0 Å². The van der Waals surface area contributed by atoms with E-state index in [1.54, 1.807) is 0 Å². The number of fused-ring (bicyclic) bond motifs is 1. The van der Waals surface area contributed by atoms with Gasteiger partial charge in [0.15, 0.2) is 5.69 Å². The Morgan fingerprint density at radius 1 is 1.09 bits per heavy atom. The number of rotatable bonds is 5. The largest absolute Gasteiger partial charge is 0.393 e. The number of pyridine rings is 1. The number of benzene rings is 1. The van der Waals surface area contributed by atoms with Crippen molar-refractivity contribution < 1.29 is 9.90 Å². The fourth-order valence-corrected chi connectivity index (χ4v) is 4.65. The quantitative estimate of drug-likeness (QED) is 0.490. The summed E-state index contributed by atoms with van der Waals surface area (Å²) in [7, 11) is 0. The average Bonchev–Trinajstić information content (AvgIpc) is 3.25. The SMILES string of the molecule is O=C(NC1CCNCC1)c1n[nH]c2ccc(-c3cncc(CN4CCC(O)CC4)c3)cc12. The van der Waals surface area contributed by atoms with E-state index in [9.17, 15) is 9.90 Å². The van der Waals surface area contributed by atoms with E-state index < -0.39 is 0 Å². The molecule has 4 heterocycles. The minimum absolute atomic E-state index is 0.125. The maximum atomic E-state index is 12.9. The Hall–Kier alpha value is -2.81. The van der Waals surface area contributed by atoms with Gasteiger partial charge >= 0.3 is 0 Å². The molecule has 0 atom stereocenters. The number of aliphatic hydroxyl groups is 1. The molecule has 168 valence electrons. The van der Waals surface area contributed by atoms with Gasteiger partial charge in [-0.05, 0) is 68.1 Å². The van der Waals surface area contributed by atoms with Crippen molar-refractivity contribution in [3.05, 3.63) is 47.9 Å². The number of nitrogens with one attached hydrogen (secondary N) is 3. The van der Waals surface area contributed by atoms with Gasteiger partial charge in [0.1, 0.15) is 0 Å². The van der Waals surface area contributed by atoms with E-state index >= 15 is 0 Å². The van der Waals surface area contributed by atoms with Crippen LogP contribution in [0.25, 0.3) is 22.0 Å². The smallest absolute Gasteiger partial charge is 0.272 e. The Labute approximate surface area is 187 Å². The monoisotopic (exact) mass is 434 g/mol. The van der Waals surface area contributed by atoms with E-state index in [2.05, 4.69) is 36.8 Å². The number of amides is 1. The average molecular weight is 435 g/mol. The number of H-pyrrole nitrogens is 1. The molecular weight excluding hydrogens is 404 g/mol. The molecule has 8 nitrogen and oxygen atoms in total. The summed E-state index contributed by atoms with van der Waals surface area (Å²) in [5, 5.41) is 24.3. The number of carbonyl (C=O) groups is 1. The first-order valence-electron chi connectivity index (χ1n) is 11.5. The van der Waals surface area contributed by atoms with Crippen molar-refractivity contribution in [2.45, 2.75) is 44.4 Å². The van der Waals surface area contributed by atoms with Crippen molar-refractivity contribution in [3.8, 4) is 11.1 Å². The van der Waals surface area contributed by atoms with Gasteiger partial charge in [0.2, 0.25) is 0 Å². The Morgan fingerprint density at radius 3 is 2.72 bits per heavy atom. The van der Waals surface area contributed by atoms with Crippen LogP contribution >= 0.6 is 0 Å². The molecule has 0 spiro atoms. The molecule has 2 aliphatic rings. The van der Waals surface area contributed by atoms with Crippen LogP contribution in [0.3, 0.4) is 0 Å². The number of hydrogen-bond donors (Lipinski definition) is 4. The molecule has 1 amide bonds. The molecular formula is C24H30N6O2. The topological polar surface area (TPSA) is 106 Å². The third-order valence-electron chi connectivity index (χ3n) is 6.54. The Kier molecular flexibility index (Phi) is 6.16. The second-order valence-corrected chi connectivity index (χ2v) is 8.92. The number of aliphatic hydroxyl groups excluding tert-OH is 1. The van der Waals surface area contributed by atoms with Gasteiger partial charge in [0.05, 0.1) is 11.6 Å². The van der Waals surface area contributed by atoms with Crippen molar-refractivity contribution in [2.24, 2.45) is 0 Å². The molecule has 2 aromatic heterocycles.